The Morgan fingerprint density at radius 3 is 2.20 bits per heavy atom. The predicted molar refractivity (Wildman–Crippen MR) is 73.2 cm³/mol. The van der Waals surface area contributed by atoms with Crippen molar-refractivity contribution in [2.75, 3.05) is 0 Å². The van der Waals surface area contributed by atoms with Gasteiger partial charge in [0.05, 0.1) is 0 Å². The van der Waals surface area contributed by atoms with Gasteiger partial charge < -0.3 is 4.90 Å². The lowest BCUT2D eigenvalue weighted by atomic mass is 10.1. The van der Waals surface area contributed by atoms with Crippen molar-refractivity contribution >= 4 is 6.03 Å². The van der Waals surface area contributed by atoms with Gasteiger partial charge in [0.1, 0.15) is 0 Å². The summed E-state index contributed by atoms with van der Waals surface area (Å²) < 4.78 is 0. The molecule has 2 aliphatic heterocycles. The van der Waals surface area contributed by atoms with Crippen molar-refractivity contribution in [3.05, 3.63) is 71.3 Å². The number of rotatable bonds is 1. The number of carbonyl (C=O) groups excluding carboxylic acids is 1. The van der Waals surface area contributed by atoms with Gasteiger partial charge in [-0.3, -0.25) is 0 Å². The van der Waals surface area contributed by atoms with E-state index in [1.165, 1.54) is 16.2 Å². The molecule has 1 unspecified atom stereocenters. The molecule has 2 aromatic carbocycles. The van der Waals surface area contributed by atoms with Crippen LogP contribution in [0.3, 0.4) is 0 Å². The SMILES string of the molecule is O=C(N1Cc2ccccc2C1)N1OC1c1ccccc1. The normalized spacial score (nSPS) is 19.9. The zero-order chi connectivity index (χ0) is 13.5. The highest BCUT2D eigenvalue weighted by Gasteiger charge is 2.45. The minimum atomic E-state index is -0.229. The lowest BCUT2D eigenvalue weighted by molar-refractivity contribution is 0.137. The zero-order valence-electron chi connectivity index (χ0n) is 10.9. The Kier molecular flexibility index (Phi) is 2.50. The highest BCUT2D eigenvalue weighted by atomic mass is 16.8. The van der Waals surface area contributed by atoms with E-state index in [0.29, 0.717) is 13.1 Å². The van der Waals surface area contributed by atoms with Crippen molar-refractivity contribution in [3.63, 3.8) is 0 Å². The topological polar surface area (TPSA) is 35.9 Å². The quantitative estimate of drug-likeness (QED) is 0.744. The Labute approximate surface area is 117 Å². The summed E-state index contributed by atoms with van der Waals surface area (Å²) in [5.74, 6) is 0. The van der Waals surface area contributed by atoms with Crippen molar-refractivity contribution in [2.45, 2.75) is 19.3 Å². The highest BCUT2D eigenvalue weighted by Crippen LogP contribution is 2.39. The molecule has 2 heterocycles. The summed E-state index contributed by atoms with van der Waals surface area (Å²) in [7, 11) is 0. The molecular formula is C16H14N2O2. The maximum atomic E-state index is 12.4. The van der Waals surface area contributed by atoms with Crippen LogP contribution in [0.5, 0.6) is 0 Å². The predicted octanol–water partition coefficient (Wildman–Crippen LogP) is 3.07. The molecule has 1 saturated heterocycles. The largest absolute Gasteiger partial charge is 0.347 e. The van der Waals surface area contributed by atoms with Crippen LogP contribution in [0.1, 0.15) is 22.9 Å². The van der Waals surface area contributed by atoms with Crippen molar-refractivity contribution < 1.29 is 9.63 Å². The molecule has 2 aliphatic rings. The maximum absolute atomic E-state index is 12.4. The molecule has 0 aliphatic carbocycles. The third kappa shape index (κ3) is 1.85. The van der Waals surface area contributed by atoms with Gasteiger partial charge >= 0.3 is 6.03 Å². The van der Waals surface area contributed by atoms with Crippen molar-refractivity contribution in [1.29, 1.82) is 0 Å². The summed E-state index contributed by atoms with van der Waals surface area (Å²) >= 11 is 0. The molecule has 0 bridgehead atoms. The molecule has 4 nitrogen and oxygen atoms in total. The lowest BCUT2D eigenvalue weighted by Gasteiger charge is -2.14. The highest BCUT2D eigenvalue weighted by molar-refractivity contribution is 5.76. The van der Waals surface area contributed by atoms with E-state index in [0.717, 1.165) is 5.56 Å². The Morgan fingerprint density at radius 2 is 1.55 bits per heavy atom. The Hall–Kier alpha value is -2.33. The Balaban J connectivity index is 1.46. The van der Waals surface area contributed by atoms with Crippen LogP contribution >= 0.6 is 0 Å². The van der Waals surface area contributed by atoms with E-state index in [4.69, 9.17) is 4.84 Å². The van der Waals surface area contributed by atoms with Gasteiger partial charge in [-0.1, -0.05) is 54.6 Å². The van der Waals surface area contributed by atoms with Crippen LogP contribution in [-0.2, 0) is 17.9 Å². The van der Waals surface area contributed by atoms with Crippen LogP contribution in [-0.4, -0.2) is 16.0 Å². The van der Waals surface area contributed by atoms with Gasteiger partial charge in [-0.25, -0.2) is 9.63 Å². The number of hydrogen-bond donors (Lipinski definition) is 0. The van der Waals surface area contributed by atoms with Crippen LogP contribution < -0.4 is 0 Å². The molecule has 2 amide bonds. The van der Waals surface area contributed by atoms with Gasteiger partial charge in [0.15, 0.2) is 0 Å². The summed E-state index contributed by atoms with van der Waals surface area (Å²) in [6.45, 7) is 1.33. The van der Waals surface area contributed by atoms with Gasteiger partial charge in [0, 0.05) is 18.7 Å². The second kappa shape index (κ2) is 4.35. The lowest BCUT2D eigenvalue weighted by Crippen LogP contribution is -2.30. The minimum absolute atomic E-state index is 0.0601. The van der Waals surface area contributed by atoms with Crippen LogP contribution in [0, 0.1) is 0 Å². The second-order valence-corrected chi connectivity index (χ2v) is 5.10. The molecule has 0 saturated carbocycles. The van der Waals surface area contributed by atoms with Crippen molar-refractivity contribution in [2.24, 2.45) is 0 Å². The summed E-state index contributed by atoms with van der Waals surface area (Å²) in [5.41, 5.74) is 3.45. The van der Waals surface area contributed by atoms with Crippen molar-refractivity contribution in [1.82, 2.24) is 9.96 Å². The number of carbonyl (C=O) groups is 1. The van der Waals surface area contributed by atoms with E-state index in [2.05, 4.69) is 12.1 Å². The number of nitrogens with zero attached hydrogens (tertiary/aromatic N) is 2. The fraction of sp³-hybridized carbons (Fsp3) is 0.188. The molecule has 4 rings (SSSR count). The number of amides is 2. The zero-order valence-corrected chi connectivity index (χ0v) is 10.9. The Morgan fingerprint density at radius 1 is 0.950 bits per heavy atom. The third-order valence-corrected chi connectivity index (χ3v) is 3.77. The average Bonchev–Trinajstić information content (AvgIpc) is 3.18. The fourth-order valence-electron chi connectivity index (χ4n) is 2.65. The van der Waals surface area contributed by atoms with Gasteiger partial charge in [0.2, 0.25) is 6.23 Å². The summed E-state index contributed by atoms with van der Waals surface area (Å²) in [6.07, 6.45) is -0.229. The first-order chi connectivity index (χ1) is 9.83. The molecule has 100 valence electrons. The number of hydrogen-bond acceptors (Lipinski definition) is 2. The number of hydroxylamine groups is 2. The molecule has 1 fully saturated rings. The standard InChI is InChI=1S/C16H14N2O2/c19-16(17-10-13-8-4-5-9-14(13)11-17)18-15(20-18)12-6-2-1-3-7-12/h1-9,15H,10-11H2. The molecule has 2 aromatic rings. The first-order valence-corrected chi connectivity index (χ1v) is 6.69. The summed E-state index contributed by atoms with van der Waals surface area (Å²) in [5, 5.41) is 1.45. The molecule has 20 heavy (non-hydrogen) atoms. The van der Waals surface area contributed by atoms with Crippen LogP contribution in [0.2, 0.25) is 0 Å². The summed E-state index contributed by atoms with van der Waals surface area (Å²) in [6, 6.07) is 17.9. The third-order valence-electron chi connectivity index (χ3n) is 3.77. The van der Waals surface area contributed by atoms with Crippen molar-refractivity contribution in [3.8, 4) is 0 Å². The first kappa shape index (κ1) is 11.5. The molecule has 0 radical (unpaired) electrons. The first-order valence-electron chi connectivity index (χ1n) is 6.69. The van der Waals surface area contributed by atoms with Crippen LogP contribution in [0.4, 0.5) is 4.79 Å². The molecular weight excluding hydrogens is 252 g/mol. The molecule has 0 N–H and O–H groups in total. The smallest absolute Gasteiger partial charge is 0.314 e. The molecule has 0 aromatic heterocycles. The molecule has 0 spiro atoms. The van der Waals surface area contributed by atoms with E-state index in [-0.39, 0.29) is 12.3 Å². The van der Waals surface area contributed by atoms with Crippen LogP contribution in [0.25, 0.3) is 0 Å². The van der Waals surface area contributed by atoms with E-state index in [9.17, 15) is 4.79 Å². The van der Waals surface area contributed by atoms with Gasteiger partial charge in [-0.05, 0) is 11.1 Å². The molecule has 1 atom stereocenters. The second-order valence-electron chi connectivity index (χ2n) is 5.10. The van der Waals surface area contributed by atoms with E-state index in [1.807, 2.05) is 47.4 Å². The maximum Gasteiger partial charge on any atom is 0.347 e. The number of fused-ring (bicyclic) bond motifs is 1. The minimum Gasteiger partial charge on any atom is -0.314 e. The summed E-state index contributed by atoms with van der Waals surface area (Å²) in [4.78, 5) is 19.6. The van der Waals surface area contributed by atoms with E-state index >= 15 is 0 Å². The van der Waals surface area contributed by atoms with Crippen LogP contribution in [0.15, 0.2) is 54.6 Å². The van der Waals surface area contributed by atoms with Gasteiger partial charge in [0.25, 0.3) is 0 Å². The number of benzene rings is 2. The monoisotopic (exact) mass is 266 g/mol. The Bertz CT molecular complexity index is 632. The number of urea groups is 1. The van der Waals surface area contributed by atoms with E-state index < -0.39 is 0 Å². The fourth-order valence-corrected chi connectivity index (χ4v) is 2.65. The molecule has 4 heteroatoms. The van der Waals surface area contributed by atoms with Gasteiger partial charge in [-0.2, -0.15) is 5.06 Å². The van der Waals surface area contributed by atoms with Gasteiger partial charge in [-0.15, -0.1) is 0 Å². The average molecular weight is 266 g/mol. The van der Waals surface area contributed by atoms with E-state index in [1.54, 1.807) is 0 Å².